The van der Waals surface area contributed by atoms with Crippen molar-refractivity contribution in [2.45, 2.75) is 72.1 Å². The molecule has 0 N–H and O–H groups in total. The molecule has 2 aliphatic carbocycles. The number of hydrogen-bond acceptors (Lipinski definition) is 2. The SMILES string of the molecule is CCCCC[C@@H](C(=O)OC)[C@@H]1CC[C@@H](C)[C@@H]2CCC(C)=C[C@@H]21. The molecule has 22 heavy (non-hydrogen) atoms. The van der Waals surface area contributed by atoms with Crippen molar-refractivity contribution < 1.29 is 9.53 Å². The lowest BCUT2D eigenvalue weighted by atomic mass is 9.59. The Morgan fingerprint density at radius 2 is 2.09 bits per heavy atom. The van der Waals surface area contributed by atoms with Gasteiger partial charge in [0.25, 0.3) is 0 Å². The van der Waals surface area contributed by atoms with Gasteiger partial charge in [-0.1, -0.05) is 51.2 Å². The summed E-state index contributed by atoms with van der Waals surface area (Å²) in [5, 5.41) is 0. The number of unbranched alkanes of at least 4 members (excludes halogenated alkanes) is 2. The molecule has 2 nitrogen and oxygen atoms in total. The van der Waals surface area contributed by atoms with Gasteiger partial charge in [0.15, 0.2) is 0 Å². The number of fused-ring (bicyclic) bond motifs is 1. The van der Waals surface area contributed by atoms with Crippen molar-refractivity contribution in [3.63, 3.8) is 0 Å². The zero-order valence-corrected chi connectivity index (χ0v) is 14.9. The van der Waals surface area contributed by atoms with Crippen molar-refractivity contribution in [3.05, 3.63) is 11.6 Å². The molecule has 0 aromatic carbocycles. The fourth-order valence-corrected chi connectivity index (χ4v) is 4.83. The Hall–Kier alpha value is -0.790. The first kappa shape index (κ1) is 17.6. The van der Waals surface area contributed by atoms with E-state index in [1.807, 2.05) is 0 Å². The average molecular weight is 306 g/mol. The maximum Gasteiger partial charge on any atom is 0.308 e. The van der Waals surface area contributed by atoms with E-state index < -0.39 is 0 Å². The highest BCUT2D eigenvalue weighted by molar-refractivity contribution is 5.72. The number of esters is 1. The van der Waals surface area contributed by atoms with E-state index in [-0.39, 0.29) is 11.9 Å². The summed E-state index contributed by atoms with van der Waals surface area (Å²) in [6, 6.07) is 0. The van der Waals surface area contributed by atoms with Crippen LogP contribution < -0.4 is 0 Å². The summed E-state index contributed by atoms with van der Waals surface area (Å²) in [6.45, 7) is 6.89. The van der Waals surface area contributed by atoms with Crippen LogP contribution in [-0.2, 0) is 9.53 Å². The molecular formula is C20H34O2. The van der Waals surface area contributed by atoms with Gasteiger partial charge < -0.3 is 4.74 Å². The minimum absolute atomic E-state index is 0.0334. The summed E-state index contributed by atoms with van der Waals surface area (Å²) in [7, 11) is 1.56. The first-order valence-electron chi connectivity index (χ1n) is 9.33. The fraction of sp³-hybridized carbons (Fsp3) is 0.850. The molecule has 0 aromatic heterocycles. The zero-order chi connectivity index (χ0) is 16.1. The smallest absolute Gasteiger partial charge is 0.308 e. The van der Waals surface area contributed by atoms with E-state index in [4.69, 9.17) is 4.74 Å². The Balaban J connectivity index is 2.17. The summed E-state index contributed by atoms with van der Waals surface area (Å²) in [5.41, 5.74) is 1.53. The van der Waals surface area contributed by atoms with Gasteiger partial charge in [0.05, 0.1) is 13.0 Å². The molecule has 2 aliphatic rings. The zero-order valence-electron chi connectivity index (χ0n) is 14.9. The van der Waals surface area contributed by atoms with E-state index in [2.05, 4.69) is 26.8 Å². The van der Waals surface area contributed by atoms with E-state index in [1.54, 1.807) is 7.11 Å². The minimum Gasteiger partial charge on any atom is -0.469 e. The lowest BCUT2D eigenvalue weighted by Crippen LogP contribution is -2.40. The molecule has 2 rings (SSSR count). The van der Waals surface area contributed by atoms with E-state index in [0.29, 0.717) is 11.8 Å². The van der Waals surface area contributed by atoms with Crippen LogP contribution in [0.2, 0.25) is 0 Å². The summed E-state index contributed by atoms with van der Waals surface area (Å²) in [5.74, 6) is 2.83. The molecule has 0 saturated heterocycles. The summed E-state index contributed by atoms with van der Waals surface area (Å²) in [4.78, 5) is 12.4. The maximum atomic E-state index is 12.4. The monoisotopic (exact) mass is 306 g/mol. The molecule has 0 heterocycles. The van der Waals surface area contributed by atoms with Gasteiger partial charge in [-0.3, -0.25) is 4.79 Å². The number of carbonyl (C=O) groups excluding carboxylic acids is 1. The lowest BCUT2D eigenvalue weighted by molar-refractivity contribution is -0.149. The standard InChI is InChI=1S/C20H34O2/c1-5-6-7-8-18(20(21)22-4)17-12-10-15(3)16-11-9-14(2)13-19(16)17/h13,15-19H,5-12H2,1-4H3/t15-,16+,17+,18-,19+/m1/s1. The van der Waals surface area contributed by atoms with Crippen LogP contribution in [0.1, 0.15) is 72.1 Å². The molecule has 5 atom stereocenters. The minimum atomic E-state index is 0.0334. The number of ether oxygens (including phenoxy) is 1. The van der Waals surface area contributed by atoms with Crippen LogP contribution in [-0.4, -0.2) is 13.1 Å². The van der Waals surface area contributed by atoms with Crippen LogP contribution in [0.5, 0.6) is 0 Å². The Kier molecular flexibility index (Phi) is 6.52. The van der Waals surface area contributed by atoms with E-state index in [9.17, 15) is 4.79 Å². The van der Waals surface area contributed by atoms with Gasteiger partial charge in [-0.2, -0.15) is 0 Å². The maximum absolute atomic E-state index is 12.4. The Labute approximate surface area is 136 Å². The average Bonchev–Trinajstić information content (AvgIpc) is 2.52. The molecule has 1 saturated carbocycles. The van der Waals surface area contributed by atoms with Gasteiger partial charge in [-0.25, -0.2) is 0 Å². The van der Waals surface area contributed by atoms with Crippen molar-refractivity contribution in [1.82, 2.24) is 0 Å². The second-order valence-electron chi connectivity index (χ2n) is 7.64. The first-order valence-corrected chi connectivity index (χ1v) is 9.33. The molecule has 0 amide bonds. The number of allylic oxidation sites excluding steroid dienone is 2. The molecule has 0 spiro atoms. The predicted octanol–water partition coefficient (Wildman–Crippen LogP) is 5.37. The first-order chi connectivity index (χ1) is 10.6. The molecule has 1 fully saturated rings. The lowest BCUT2D eigenvalue weighted by Gasteiger charge is -2.45. The van der Waals surface area contributed by atoms with Gasteiger partial charge in [-0.05, 0) is 56.3 Å². The number of hydrogen-bond donors (Lipinski definition) is 0. The number of carbonyl (C=O) groups is 1. The fourth-order valence-electron chi connectivity index (χ4n) is 4.83. The summed E-state index contributed by atoms with van der Waals surface area (Å²) in [6.07, 6.45) is 12.1. The molecule has 0 aromatic rings. The van der Waals surface area contributed by atoms with E-state index in [0.717, 1.165) is 24.7 Å². The molecule has 0 radical (unpaired) electrons. The van der Waals surface area contributed by atoms with Gasteiger partial charge in [0.2, 0.25) is 0 Å². The third kappa shape index (κ3) is 3.94. The third-order valence-electron chi connectivity index (χ3n) is 6.16. The van der Waals surface area contributed by atoms with Crippen molar-refractivity contribution in [2.75, 3.05) is 7.11 Å². The van der Waals surface area contributed by atoms with Gasteiger partial charge in [0.1, 0.15) is 0 Å². The van der Waals surface area contributed by atoms with Crippen LogP contribution in [0.4, 0.5) is 0 Å². The highest BCUT2D eigenvalue weighted by atomic mass is 16.5. The quantitative estimate of drug-likeness (QED) is 0.374. The van der Waals surface area contributed by atoms with Gasteiger partial charge in [-0.15, -0.1) is 0 Å². The van der Waals surface area contributed by atoms with Crippen molar-refractivity contribution in [2.24, 2.45) is 29.6 Å². The second kappa shape index (κ2) is 8.17. The third-order valence-corrected chi connectivity index (χ3v) is 6.16. The Morgan fingerprint density at radius 1 is 1.32 bits per heavy atom. The van der Waals surface area contributed by atoms with Crippen molar-refractivity contribution in [1.29, 1.82) is 0 Å². The summed E-state index contributed by atoms with van der Waals surface area (Å²) >= 11 is 0. The van der Waals surface area contributed by atoms with Crippen LogP contribution >= 0.6 is 0 Å². The predicted molar refractivity (Wildman–Crippen MR) is 91.5 cm³/mol. The Morgan fingerprint density at radius 3 is 2.77 bits per heavy atom. The van der Waals surface area contributed by atoms with Crippen molar-refractivity contribution in [3.8, 4) is 0 Å². The highest BCUT2D eigenvalue weighted by Crippen LogP contribution is 2.49. The molecule has 126 valence electrons. The number of methoxy groups -OCH3 is 1. The number of rotatable bonds is 6. The molecular weight excluding hydrogens is 272 g/mol. The molecule has 2 heteroatoms. The highest BCUT2D eigenvalue weighted by Gasteiger charge is 2.43. The largest absolute Gasteiger partial charge is 0.469 e. The van der Waals surface area contributed by atoms with Crippen LogP contribution in [0.15, 0.2) is 11.6 Å². The molecule has 0 aliphatic heterocycles. The topological polar surface area (TPSA) is 26.3 Å². The van der Waals surface area contributed by atoms with Crippen molar-refractivity contribution >= 4 is 5.97 Å². The normalized spacial score (nSPS) is 32.8. The molecule has 0 unspecified atom stereocenters. The second-order valence-corrected chi connectivity index (χ2v) is 7.64. The Bertz CT molecular complexity index is 399. The molecule has 0 bridgehead atoms. The van der Waals surface area contributed by atoms with E-state index in [1.165, 1.54) is 44.1 Å². The van der Waals surface area contributed by atoms with E-state index >= 15 is 0 Å². The van der Waals surface area contributed by atoms with Gasteiger partial charge >= 0.3 is 5.97 Å². The van der Waals surface area contributed by atoms with Crippen LogP contribution in [0.3, 0.4) is 0 Å². The van der Waals surface area contributed by atoms with Crippen LogP contribution in [0, 0.1) is 29.6 Å². The van der Waals surface area contributed by atoms with Crippen LogP contribution in [0.25, 0.3) is 0 Å². The van der Waals surface area contributed by atoms with Gasteiger partial charge in [0, 0.05) is 0 Å². The summed E-state index contributed by atoms with van der Waals surface area (Å²) < 4.78 is 5.17.